The standard InChI is InChI=1S/C21H27N9S/c1-13(2)10-23-4-7-30-20-18(19(22)26-12-27-20)28-21(30)31-17-9-15-14(24-11-25-15)8-16(17)29-5-3-6-29/h8-9,11-13,23H,3-7,10H2,1-2H3,(H,24,25)(H2,22,26,27). The van der Waals surface area contributed by atoms with Crippen molar-refractivity contribution in [3.05, 3.63) is 24.8 Å². The second-order valence-corrected chi connectivity index (χ2v) is 9.27. The second kappa shape index (κ2) is 8.35. The topological polar surface area (TPSA) is 114 Å². The number of anilines is 2. The Hall–Kier alpha value is -2.85. The molecule has 10 heteroatoms. The monoisotopic (exact) mass is 437 g/mol. The van der Waals surface area contributed by atoms with Crippen LogP contribution in [0.15, 0.2) is 34.8 Å². The lowest BCUT2D eigenvalue weighted by atomic mass is 10.1. The van der Waals surface area contributed by atoms with Crippen molar-refractivity contribution >= 4 is 45.5 Å². The second-order valence-electron chi connectivity index (χ2n) is 8.26. The fourth-order valence-electron chi connectivity index (χ4n) is 3.73. The van der Waals surface area contributed by atoms with Crippen LogP contribution in [0.25, 0.3) is 22.2 Å². The fraction of sp³-hybridized carbons (Fsp3) is 0.429. The van der Waals surface area contributed by atoms with Gasteiger partial charge in [-0.05, 0) is 42.8 Å². The molecule has 0 aliphatic carbocycles. The van der Waals surface area contributed by atoms with Gasteiger partial charge in [0.15, 0.2) is 22.1 Å². The first-order valence-corrected chi connectivity index (χ1v) is 11.5. The van der Waals surface area contributed by atoms with Gasteiger partial charge in [-0.25, -0.2) is 19.9 Å². The maximum Gasteiger partial charge on any atom is 0.175 e. The number of nitrogen functional groups attached to an aromatic ring is 1. The average molecular weight is 438 g/mol. The van der Waals surface area contributed by atoms with Crippen molar-refractivity contribution in [2.45, 2.75) is 36.9 Å². The Morgan fingerprint density at radius 3 is 2.87 bits per heavy atom. The summed E-state index contributed by atoms with van der Waals surface area (Å²) in [5.41, 5.74) is 10.8. The quantitative estimate of drug-likeness (QED) is 0.361. The molecule has 3 aromatic heterocycles. The van der Waals surface area contributed by atoms with E-state index in [0.717, 1.165) is 59.5 Å². The molecule has 9 nitrogen and oxygen atoms in total. The molecule has 4 heterocycles. The molecule has 162 valence electrons. The number of fused-ring (bicyclic) bond motifs is 2. The number of hydrogen-bond acceptors (Lipinski definition) is 8. The molecule has 1 aliphatic heterocycles. The number of nitrogens with one attached hydrogen (secondary N) is 2. The number of H-pyrrole nitrogens is 1. The SMILES string of the molecule is CC(C)CNCCn1c(Sc2cc3nc[nH]c3cc2N2CCC2)nc2c(N)ncnc21. The van der Waals surface area contributed by atoms with Crippen LogP contribution in [-0.2, 0) is 6.54 Å². The Bertz CT molecular complexity index is 1210. The van der Waals surface area contributed by atoms with Crippen LogP contribution in [-0.4, -0.2) is 55.7 Å². The van der Waals surface area contributed by atoms with E-state index in [1.807, 2.05) is 0 Å². The third kappa shape index (κ3) is 3.92. The van der Waals surface area contributed by atoms with E-state index in [0.29, 0.717) is 17.3 Å². The van der Waals surface area contributed by atoms with Crippen molar-refractivity contribution in [1.82, 2.24) is 34.8 Å². The van der Waals surface area contributed by atoms with E-state index in [2.05, 4.69) is 60.7 Å². The Morgan fingerprint density at radius 2 is 2.10 bits per heavy atom. The van der Waals surface area contributed by atoms with Crippen molar-refractivity contribution in [2.75, 3.05) is 36.8 Å². The van der Waals surface area contributed by atoms with Crippen LogP contribution in [0.2, 0.25) is 0 Å². The van der Waals surface area contributed by atoms with Crippen LogP contribution < -0.4 is 16.0 Å². The first-order chi connectivity index (χ1) is 15.1. The number of nitrogens with zero attached hydrogens (tertiary/aromatic N) is 6. The van der Waals surface area contributed by atoms with Crippen LogP contribution in [0, 0.1) is 5.92 Å². The van der Waals surface area contributed by atoms with Gasteiger partial charge in [-0.1, -0.05) is 13.8 Å². The molecule has 0 amide bonds. The molecule has 5 rings (SSSR count). The van der Waals surface area contributed by atoms with Crippen molar-refractivity contribution in [3.8, 4) is 0 Å². The molecule has 0 bridgehead atoms. The minimum absolute atomic E-state index is 0.409. The molecular formula is C21H27N9S. The first-order valence-electron chi connectivity index (χ1n) is 10.7. The van der Waals surface area contributed by atoms with E-state index in [1.54, 1.807) is 18.1 Å². The Kier molecular flexibility index (Phi) is 5.41. The van der Waals surface area contributed by atoms with E-state index in [1.165, 1.54) is 18.4 Å². The number of rotatable bonds is 8. The number of benzene rings is 1. The van der Waals surface area contributed by atoms with Crippen LogP contribution in [0.3, 0.4) is 0 Å². The number of aromatic nitrogens is 6. The lowest BCUT2D eigenvalue weighted by molar-refractivity contribution is 0.516. The van der Waals surface area contributed by atoms with E-state index < -0.39 is 0 Å². The van der Waals surface area contributed by atoms with Gasteiger partial charge < -0.3 is 25.5 Å². The van der Waals surface area contributed by atoms with Crippen molar-refractivity contribution in [1.29, 1.82) is 0 Å². The molecule has 1 saturated heterocycles. The molecule has 1 aliphatic rings. The van der Waals surface area contributed by atoms with Gasteiger partial charge in [0.2, 0.25) is 0 Å². The molecule has 0 unspecified atom stereocenters. The summed E-state index contributed by atoms with van der Waals surface area (Å²) < 4.78 is 2.14. The minimum Gasteiger partial charge on any atom is -0.382 e. The van der Waals surface area contributed by atoms with Crippen molar-refractivity contribution in [3.63, 3.8) is 0 Å². The summed E-state index contributed by atoms with van der Waals surface area (Å²) in [5.74, 6) is 1.01. The highest BCUT2D eigenvalue weighted by molar-refractivity contribution is 7.99. The van der Waals surface area contributed by atoms with Gasteiger partial charge in [-0.2, -0.15) is 0 Å². The zero-order valence-electron chi connectivity index (χ0n) is 17.8. The zero-order chi connectivity index (χ0) is 21.4. The van der Waals surface area contributed by atoms with Gasteiger partial charge in [0.1, 0.15) is 6.33 Å². The summed E-state index contributed by atoms with van der Waals surface area (Å²) in [7, 11) is 0. The summed E-state index contributed by atoms with van der Waals surface area (Å²) in [6.45, 7) is 9.11. The zero-order valence-corrected chi connectivity index (χ0v) is 18.6. The minimum atomic E-state index is 0.409. The van der Waals surface area contributed by atoms with Gasteiger partial charge in [0, 0.05) is 31.1 Å². The summed E-state index contributed by atoms with van der Waals surface area (Å²) in [6, 6.07) is 4.33. The number of aromatic amines is 1. The van der Waals surface area contributed by atoms with E-state index in [4.69, 9.17) is 10.7 Å². The smallest absolute Gasteiger partial charge is 0.175 e. The summed E-state index contributed by atoms with van der Waals surface area (Å²) in [5, 5.41) is 4.37. The largest absolute Gasteiger partial charge is 0.382 e. The lowest BCUT2D eigenvalue weighted by Crippen LogP contribution is -2.37. The van der Waals surface area contributed by atoms with Gasteiger partial charge in [-0.3, -0.25) is 0 Å². The summed E-state index contributed by atoms with van der Waals surface area (Å²) >= 11 is 1.64. The van der Waals surface area contributed by atoms with Crippen LogP contribution in [0.1, 0.15) is 20.3 Å². The maximum absolute atomic E-state index is 6.12. The van der Waals surface area contributed by atoms with Crippen LogP contribution in [0.4, 0.5) is 11.5 Å². The van der Waals surface area contributed by atoms with Crippen LogP contribution >= 0.6 is 11.8 Å². The van der Waals surface area contributed by atoms with E-state index in [9.17, 15) is 0 Å². The van der Waals surface area contributed by atoms with Crippen LogP contribution in [0.5, 0.6) is 0 Å². The third-order valence-electron chi connectivity index (χ3n) is 5.49. The summed E-state index contributed by atoms with van der Waals surface area (Å²) in [6.07, 6.45) is 4.47. The predicted octanol–water partition coefficient (Wildman–Crippen LogP) is 2.89. The average Bonchev–Trinajstić information content (AvgIpc) is 3.29. The van der Waals surface area contributed by atoms with E-state index in [-0.39, 0.29) is 0 Å². The molecule has 0 spiro atoms. The lowest BCUT2D eigenvalue weighted by Gasteiger charge is -2.34. The number of nitrogens with two attached hydrogens (primary N) is 1. The van der Waals surface area contributed by atoms with E-state index >= 15 is 0 Å². The van der Waals surface area contributed by atoms with Gasteiger partial charge >= 0.3 is 0 Å². The number of imidazole rings is 2. The normalized spacial score (nSPS) is 14.1. The van der Waals surface area contributed by atoms with Crippen molar-refractivity contribution < 1.29 is 0 Å². The molecule has 1 fully saturated rings. The maximum atomic E-state index is 6.12. The van der Waals surface area contributed by atoms with Crippen molar-refractivity contribution in [2.24, 2.45) is 5.92 Å². The highest BCUT2D eigenvalue weighted by Crippen LogP contribution is 2.40. The Morgan fingerprint density at radius 1 is 1.23 bits per heavy atom. The Labute approximate surface area is 184 Å². The third-order valence-corrected chi connectivity index (χ3v) is 6.53. The Balaban J connectivity index is 1.52. The molecule has 0 radical (unpaired) electrons. The molecule has 31 heavy (non-hydrogen) atoms. The highest BCUT2D eigenvalue weighted by Gasteiger charge is 2.22. The molecule has 1 aromatic carbocycles. The predicted molar refractivity (Wildman–Crippen MR) is 124 cm³/mol. The highest BCUT2D eigenvalue weighted by atomic mass is 32.2. The number of hydrogen-bond donors (Lipinski definition) is 3. The first kappa shape index (κ1) is 20.1. The molecule has 0 saturated carbocycles. The molecule has 0 atom stereocenters. The van der Waals surface area contributed by atoms with Gasteiger partial charge in [0.25, 0.3) is 0 Å². The summed E-state index contributed by atoms with van der Waals surface area (Å²) in [4.78, 5) is 24.7. The van der Waals surface area contributed by atoms with Gasteiger partial charge in [0.05, 0.1) is 23.0 Å². The van der Waals surface area contributed by atoms with Gasteiger partial charge in [-0.15, -0.1) is 0 Å². The molecular weight excluding hydrogens is 410 g/mol. The molecule has 4 N–H and O–H groups in total. The fourth-order valence-corrected chi connectivity index (χ4v) is 4.82. The molecule has 4 aromatic rings.